The van der Waals surface area contributed by atoms with Crippen molar-refractivity contribution < 1.29 is 29.7 Å². The van der Waals surface area contributed by atoms with Gasteiger partial charge in [-0.25, -0.2) is 6.16 Å². The Balaban J connectivity index is 0.000000853. The minimum atomic E-state index is -2.36. The Hall–Kier alpha value is 0.289. The first-order valence-corrected chi connectivity index (χ1v) is 7.02. The van der Waals surface area contributed by atoms with Crippen LogP contribution in [0.3, 0.4) is 0 Å². The Morgan fingerprint density at radius 2 is 2.00 bits per heavy atom. The first-order valence-electron chi connectivity index (χ1n) is 4.59. The molecule has 1 aromatic rings. The van der Waals surface area contributed by atoms with E-state index < -0.39 is 7.14 Å². The van der Waals surface area contributed by atoms with E-state index in [4.69, 9.17) is 4.74 Å². The standard InChI is InChI=1S/C10H9O2PSi.Re/c11-13(7-4-2-1-3-5-7)6-8-9(12-8)10(13)14;/h1-6,8-10H;/q-1;/t8-,9-,10+,13+;/m1./s1. The van der Waals surface area contributed by atoms with Gasteiger partial charge in [0.05, 0.1) is 6.10 Å². The summed E-state index contributed by atoms with van der Waals surface area (Å²) >= 11 is 0. The van der Waals surface area contributed by atoms with Gasteiger partial charge in [-0.15, -0.1) is 0 Å². The summed E-state index contributed by atoms with van der Waals surface area (Å²) in [6.07, 6.45) is 2.13. The molecule has 0 amide bonds. The van der Waals surface area contributed by atoms with Crippen molar-refractivity contribution in [2.24, 2.45) is 0 Å². The third-order valence-corrected chi connectivity index (χ3v) is 7.26. The van der Waals surface area contributed by atoms with Gasteiger partial charge < -0.3 is 9.30 Å². The van der Waals surface area contributed by atoms with E-state index in [9.17, 15) is 4.57 Å². The van der Waals surface area contributed by atoms with E-state index in [-0.39, 0.29) is 37.9 Å². The molecule has 15 heavy (non-hydrogen) atoms. The molecular formula is C10H9O2PReSi-. The van der Waals surface area contributed by atoms with Crippen LogP contribution in [0.4, 0.5) is 0 Å². The van der Waals surface area contributed by atoms with Gasteiger partial charge in [-0.1, -0.05) is 30.3 Å². The van der Waals surface area contributed by atoms with E-state index in [0.717, 1.165) is 5.30 Å². The second-order valence-electron chi connectivity index (χ2n) is 3.70. The molecule has 0 N–H and O–H groups in total. The topological polar surface area (TPSA) is 29.6 Å². The third kappa shape index (κ3) is 1.73. The third-order valence-electron chi connectivity index (χ3n) is 2.81. The summed E-state index contributed by atoms with van der Waals surface area (Å²) in [5, 5.41) is 0.894. The molecule has 0 aromatic heterocycles. The molecule has 5 heteroatoms. The number of hydrogen-bond donors (Lipinski definition) is 0. The van der Waals surface area contributed by atoms with E-state index >= 15 is 0 Å². The van der Waals surface area contributed by atoms with Crippen LogP contribution in [0.2, 0.25) is 0 Å². The molecule has 0 unspecified atom stereocenters. The molecule has 2 heterocycles. The molecule has 2 aliphatic heterocycles. The second-order valence-corrected chi connectivity index (χ2v) is 7.60. The minimum Gasteiger partial charge on any atom is -0.404 e. The van der Waals surface area contributed by atoms with Crippen molar-refractivity contribution >= 4 is 22.7 Å². The molecule has 0 saturated carbocycles. The quantitative estimate of drug-likeness (QED) is 0.303. The van der Waals surface area contributed by atoms with Crippen LogP contribution in [0.5, 0.6) is 0 Å². The van der Waals surface area contributed by atoms with Crippen molar-refractivity contribution in [2.45, 2.75) is 17.5 Å². The van der Waals surface area contributed by atoms with Crippen LogP contribution in [0.25, 0.3) is 0 Å². The molecule has 2 nitrogen and oxygen atoms in total. The average Bonchev–Trinajstić information content (AvgIpc) is 2.92. The molecular weight excluding hydrogens is 397 g/mol. The number of epoxide rings is 1. The Labute approximate surface area is 106 Å². The fourth-order valence-electron chi connectivity index (χ4n) is 1.95. The summed E-state index contributed by atoms with van der Waals surface area (Å²) in [5.41, 5.74) is 0. The van der Waals surface area contributed by atoms with Crippen molar-refractivity contribution in [2.75, 3.05) is 0 Å². The fourth-order valence-corrected chi connectivity index (χ4v) is 5.59. The summed E-state index contributed by atoms with van der Waals surface area (Å²) < 4.78 is 17.9. The average molecular weight is 406 g/mol. The van der Waals surface area contributed by atoms with Crippen LogP contribution in [0.1, 0.15) is 0 Å². The number of fused-ring (bicyclic) bond motifs is 1. The molecule has 2 saturated heterocycles. The molecule has 3 rings (SSSR count). The SMILES string of the molecule is O=[P@]1(c2ccccc2)[CH-][C@H]2O[C@H]2[C@@H]1[Si].[Re]. The maximum Gasteiger partial charge on any atom is 0.0574 e. The predicted octanol–water partition coefficient (Wildman–Crippen LogP) is 1.11. The fraction of sp³-hybridized carbons (Fsp3) is 0.300. The largest absolute Gasteiger partial charge is 0.404 e. The molecule has 1 aromatic carbocycles. The van der Waals surface area contributed by atoms with Crippen molar-refractivity contribution in [3.8, 4) is 0 Å². The van der Waals surface area contributed by atoms with Gasteiger partial charge in [0.15, 0.2) is 0 Å². The maximum atomic E-state index is 12.6. The number of benzene rings is 1. The molecule has 2 fully saturated rings. The van der Waals surface area contributed by atoms with E-state index in [1.165, 1.54) is 0 Å². The van der Waals surface area contributed by atoms with Crippen LogP contribution in [-0.4, -0.2) is 27.7 Å². The Morgan fingerprint density at radius 1 is 1.33 bits per heavy atom. The molecule has 0 aliphatic carbocycles. The predicted molar refractivity (Wildman–Crippen MR) is 56.2 cm³/mol. The van der Waals surface area contributed by atoms with Crippen molar-refractivity contribution in [1.82, 2.24) is 0 Å². The minimum absolute atomic E-state index is 0. The van der Waals surface area contributed by atoms with Gasteiger partial charge in [0.1, 0.15) is 0 Å². The zero-order valence-corrected chi connectivity index (χ0v) is 12.4. The zero-order chi connectivity index (χ0) is 9.76. The van der Waals surface area contributed by atoms with E-state index in [0.29, 0.717) is 0 Å². The van der Waals surface area contributed by atoms with Gasteiger partial charge in [0.2, 0.25) is 0 Å². The van der Waals surface area contributed by atoms with E-state index in [1.54, 1.807) is 0 Å². The van der Waals surface area contributed by atoms with Crippen LogP contribution in [0, 0.1) is 6.16 Å². The molecule has 78 valence electrons. The number of hydrogen-bond acceptors (Lipinski definition) is 2. The van der Waals surface area contributed by atoms with Gasteiger partial charge in [0.25, 0.3) is 0 Å². The van der Waals surface area contributed by atoms with Crippen LogP contribution in [-0.2, 0) is 29.7 Å². The van der Waals surface area contributed by atoms with Crippen molar-refractivity contribution in [1.29, 1.82) is 0 Å². The summed E-state index contributed by atoms with van der Waals surface area (Å²) in [6.45, 7) is 0. The summed E-state index contributed by atoms with van der Waals surface area (Å²) in [6, 6.07) is 9.63. The van der Waals surface area contributed by atoms with Crippen LogP contribution < -0.4 is 5.30 Å². The first kappa shape index (κ1) is 11.8. The molecule has 4 atom stereocenters. The smallest absolute Gasteiger partial charge is 0.0574 e. The Morgan fingerprint density at radius 3 is 2.53 bits per heavy atom. The number of rotatable bonds is 1. The normalized spacial score (nSPS) is 41.8. The summed E-state index contributed by atoms with van der Waals surface area (Å²) in [5.74, 6) is 0. The molecule has 0 spiro atoms. The zero-order valence-electron chi connectivity index (χ0n) is 7.84. The second kappa shape index (κ2) is 3.95. The molecule has 0 bridgehead atoms. The van der Waals surface area contributed by atoms with Crippen LogP contribution in [0.15, 0.2) is 30.3 Å². The summed E-state index contributed by atoms with van der Waals surface area (Å²) in [4.78, 5) is 0. The Kier molecular flexibility index (Phi) is 3.09. The van der Waals surface area contributed by atoms with Gasteiger partial charge in [-0.2, -0.15) is 0 Å². The molecule has 2 aliphatic rings. The van der Waals surface area contributed by atoms with E-state index in [2.05, 4.69) is 10.2 Å². The Bertz CT molecular complexity index is 411. The van der Waals surface area contributed by atoms with Crippen molar-refractivity contribution in [3.05, 3.63) is 36.5 Å². The monoisotopic (exact) mass is 407 g/mol. The maximum absolute atomic E-state index is 12.6. The van der Waals surface area contributed by atoms with Crippen molar-refractivity contribution in [3.63, 3.8) is 0 Å². The van der Waals surface area contributed by atoms with E-state index in [1.807, 2.05) is 36.5 Å². The molecule has 4 radical (unpaired) electrons. The van der Waals surface area contributed by atoms with Gasteiger partial charge >= 0.3 is 0 Å². The van der Waals surface area contributed by atoms with Gasteiger partial charge in [0, 0.05) is 35.9 Å². The first-order chi connectivity index (χ1) is 6.72. The van der Waals surface area contributed by atoms with Gasteiger partial charge in [-0.05, 0) is 18.6 Å². The summed E-state index contributed by atoms with van der Waals surface area (Å²) in [7, 11) is 1.18. The van der Waals surface area contributed by atoms with Crippen LogP contribution >= 0.6 is 7.14 Å². The number of ether oxygens (including phenoxy) is 1. The van der Waals surface area contributed by atoms with Gasteiger partial charge in [-0.3, -0.25) is 0 Å².